The van der Waals surface area contributed by atoms with Gasteiger partial charge in [-0.1, -0.05) is 75.5 Å². The number of amides is 1. The van der Waals surface area contributed by atoms with Gasteiger partial charge >= 0.3 is 5.97 Å². The molecule has 0 saturated carbocycles. The number of hydrogen-bond acceptors (Lipinski definition) is 4. The number of para-hydroxylation sites is 1. The highest BCUT2D eigenvalue weighted by atomic mass is 79.9. The Kier molecular flexibility index (Phi) is 7.28. The van der Waals surface area contributed by atoms with E-state index < -0.39 is 18.5 Å². The molecular weight excluding hydrogens is 527 g/mol. The number of rotatable bonds is 6. The lowest BCUT2D eigenvalue weighted by atomic mass is 10.0. The van der Waals surface area contributed by atoms with Crippen LogP contribution in [-0.2, 0) is 16.1 Å². The molecule has 8 heteroatoms. The number of esters is 1. The molecule has 1 N–H and O–H groups in total. The summed E-state index contributed by atoms with van der Waals surface area (Å²) in [6.07, 6.45) is 0. The second-order valence-electron chi connectivity index (χ2n) is 7.17. The first-order chi connectivity index (χ1) is 15.9. The number of halogens is 3. The maximum absolute atomic E-state index is 12.9. The van der Waals surface area contributed by atoms with Crippen LogP contribution < -0.4 is 5.32 Å². The quantitative estimate of drug-likeness (QED) is 0.284. The van der Waals surface area contributed by atoms with Crippen molar-refractivity contribution >= 4 is 61.9 Å². The molecule has 33 heavy (non-hydrogen) atoms. The van der Waals surface area contributed by atoms with E-state index in [0.717, 1.165) is 10.0 Å². The first kappa shape index (κ1) is 23.2. The molecule has 0 aliphatic heterocycles. The molecule has 0 saturated heterocycles. The summed E-state index contributed by atoms with van der Waals surface area (Å²) in [6, 6.07) is 21.6. The van der Waals surface area contributed by atoms with Gasteiger partial charge < -0.3 is 10.1 Å². The third kappa shape index (κ3) is 5.71. The van der Waals surface area contributed by atoms with Gasteiger partial charge in [0.2, 0.25) is 0 Å². The van der Waals surface area contributed by atoms with E-state index in [1.54, 1.807) is 30.3 Å². The van der Waals surface area contributed by atoms with Crippen molar-refractivity contribution in [2.24, 2.45) is 0 Å². The number of aromatic nitrogens is 1. The summed E-state index contributed by atoms with van der Waals surface area (Å²) in [5.41, 5.74) is 3.20. The minimum Gasteiger partial charge on any atom is -0.452 e. The van der Waals surface area contributed by atoms with Gasteiger partial charge in [-0.25, -0.2) is 9.78 Å². The molecule has 0 aliphatic rings. The van der Waals surface area contributed by atoms with Crippen LogP contribution in [0.4, 0.5) is 0 Å². The van der Waals surface area contributed by atoms with E-state index in [1.165, 1.54) is 0 Å². The Morgan fingerprint density at radius 1 is 0.970 bits per heavy atom. The normalized spacial score (nSPS) is 10.8. The van der Waals surface area contributed by atoms with Crippen LogP contribution in [-0.4, -0.2) is 23.5 Å². The third-order valence-corrected chi connectivity index (χ3v) is 6.02. The van der Waals surface area contributed by atoms with Gasteiger partial charge in [0, 0.05) is 32.0 Å². The fourth-order valence-electron chi connectivity index (χ4n) is 3.23. The average molecular weight is 544 g/mol. The zero-order valence-electron chi connectivity index (χ0n) is 17.1. The van der Waals surface area contributed by atoms with Crippen molar-refractivity contribution in [3.8, 4) is 11.3 Å². The fraction of sp³-hybridized carbons (Fsp3) is 0.0800. The Balaban J connectivity index is 1.49. The number of carbonyl (C=O) groups excluding carboxylic acids is 2. The Hall–Kier alpha value is -2.93. The highest BCUT2D eigenvalue weighted by molar-refractivity contribution is 9.10. The Labute approximate surface area is 208 Å². The molecule has 166 valence electrons. The molecule has 1 heterocycles. The van der Waals surface area contributed by atoms with E-state index in [4.69, 9.17) is 27.9 Å². The number of pyridine rings is 1. The Bertz CT molecular complexity index is 1340. The highest BCUT2D eigenvalue weighted by Crippen LogP contribution is 2.26. The molecule has 0 spiro atoms. The molecule has 3 aromatic carbocycles. The van der Waals surface area contributed by atoms with Crippen molar-refractivity contribution in [2.75, 3.05) is 6.61 Å². The molecule has 1 amide bonds. The van der Waals surface area contributed by atoms with Gasteiger partial charge in [0.25, 0.3) is 5.91 Å². The van der Waals surface area contributed by atoms with Crippen LogP contribution in [0.25, 0.3) is 22.2 Å². The van der Waals surface area contributed by atoms with Crippen molar-refractivity contribution in [1.82, 2.24) is 10.3 Å². The number of hydrogen-bond donors (Lipinski definition) is 1. The fourth-order valence-corrected chi connectivity index (χ4v) is 3.97. The minimum atomic E-state index is -0.605. The van der Waals surface area contributed by atoms with Crippen LogP contribution in [0.3, 0.4) is 0 Å². The van der Waals surface area contributed by atoms with E-state index in [9.17, 15) is 9.59 Å². The predicted octanol–water partition coefficient (Wildman–Crippen LogP) is 6.44. The van der Waals surface area contributed by atoms with Crippen LogP contribution in [0, 0.1) is 0 Å². The Morgan fingerprint density at radius 3 is 2.48 bits per heavy atom. The van der Waals surface area contributed by atoms with E-state index in [1.807, 2.05) is 42.5 Å². The zero-order chi connectivity index (χ0) is 23.4. The van der Waals surface area contributed by atoms with Crippen LogP contribution >= 0.6 is 39.1 Å². The van der Waals surface area contributed by atoms with E-state index in [2.05, 4.69) is 26.2 Å². The second-order valence-corrected chi connectivity index (χ2v) is 8.93. The summed E-state index contributed by atoms with van der Waals surface area (Å²) >= 11 is 15.4. The minimum absolute atomic E-state index is 0.193. The number of nitrogens with one attached hydrogen (secondary N) is 1. The molecule has 0 bridgehead atoms. The number of benzene rings is 3. The predicted molar refractivity (Wildman–Crippen MR) is 133 cm³/mol. The van der Waals surface area contributed by atoms with Gasteiger partial charge in [0.1, 0.15) is 0 Å². The number of carbonyl (C=O) groups is 2. The van der Waals surface area contributed by atoms with E-state index >= 15 is 0 Å². The van der Waals surface area contributed by atoms with Crippen LogP contribution in [0.5, 0.6) is 0 Å². The summed E-state index contributed by atoms with van der Waals surface area (Å²) in [6.45, 7) is -0.230. The van der Waals surface area contributed by atoms with Gasteiger partial charge in [-0.3, -0.25) is 4.79 Å². The van der Waals surface area contributed by atoms with Crippen LogP contribution in [0.1, 0.15) is 15.9 Å². The summed E-state index contributed by atoms with van der Waals surface area (Å²) in [5, 5.41) is 4.29. The zero-order valence-corrected chi connectivity index (χ0v) is 20.2. The molecule has 1 aromatic heterocycles. The molecule has 0 fully saturated rings. The number of nitrogens with zero attached hydrogens (tertiary/aromatic N) is 1. The first-order valence-electron chi connectivity index (χ1n) is 9.94. The van der Waals surface area contributed by atoms with E-state index in [-0.39, 0.29) is 6.54 Å². The van der Waals surface area contributed by atoms with Gasteiger partial charge in [-0.05, 0) is 42.0 Å². The molecule has 0 aliphatic carbocycles. The van der Waals surface area contributed by atoms with Gasteiger partial charge in [-0.15, -0.1) is 0 Å². The molecule has 4 aromatic rings. The summed E-state index contributed by atoms with van der Waals surface area (Å²) < 4.78 is 6.25. The highest BCUT2D eigenvalue weighted by Gasteiger charge is 2.17. The summed E-state index contributed by atoms with van der Waals surface area (Å²) in [4.78, 5) is 29.8. The lowest BCUT2D eigenvalue weighted by molar-refractivity contribution is -0.124. The largest absolute Gasteiger partial charge is 0.452 e. The topological polar surface area (TPSA) is 68.3 Å². The van der Waals surface area contributed by atoms with Gasteiger partial charge in [0.15, 0.2) is 6.61 Å². The molecule has 0 radical (unpaired) electrons. The van der Waals surface area contributed by atoms with Crippen molar-refractivity contribution in [3.05, 3.63) is 98.4 Å². The third-order valence-electron chi connectivity index (χ3n) is 4.90. The Morgan fingerprint density at radius 2 is 1.73 bits per heavy atom. The van der Waals surface area contributed by atoms with Crippen LogP contribution in [0.15, 0.2) is 77.3 Å². The maximum Gasteiger partial charge on any atom is 0.339 e. The number of fused-ring (bicyclic) bond motifs is 1. The average Bonchev–Trinajstić information content (AvgIpc) is 2.81. The van der Waals surface area contributed by atoms with Crippen molar-refractivity contribution < 1.29 is 14.3 Å². The smallest absolute Gasteiger partial charge is 0.339 e. The maximum atomic E-state index is 12.9. The van der Waals surface area contributed by atoms with Crippen molar-refractivity contribution in [2.45, 2.75) is 6.54 Å². The standard InChI is InChI=1S/C25H17BrCl2N2O3/c26-17-8-5-15(6-9-17)23-12-20(19-3-1-2-4-22(19)30-23)25(32)33-14-24(31)29-13-16-7-10-18(27)11-21(16)28/h1-12H,13-14H2,(H,29,31). The summed E-state index contributed by atoms with van der Waals surface area (Å²) in [7, 11) is 0. The van der Waals surface area contributed by atoms with E-state index in [0.29, 0.717) is 37.8 Å². The van der Waals surface area contributed by atoms with Crippen molar-refractivity contribution in [3.63, 3.8) is 0 Å². The van der Waals surface area contributed by atoms with Crippen LogP contribution in [0.2, 0.25) is 10.0 Å². The molecular formula is C25H17BrCl2N2O3. The molecule has 4 rings (SSSR count). The first-order valence-corrected chi connectivity index (χ1v) is 11.5. The monoisotopic (exact) mass is 542 g/mol. The SMILES string of the molecule is O=C(COC(=O)c1cc(-c2ccc(Br)cc2)nc2ccccc12)NCc1ccc(Cl)cc1Cl. The lowest BCUT2D eigenvalue weighted by Gasteiger charge is -2.11. The van der Waals surface area contributed by atoms with Crippen molar-refractivity contribution in [1.29, 1.82) is 0 Å². The summed E-state index contributed by atoms with van der Waals surface area (Å²) in [5.74, 6) is -1.05. The van der Waals surface area contributed by atoms with Gasteiger partial charge in [-0.2, -0.15) is 0 Å². The number of ether oxygens (including phenoxy) is 1. The molecule has 0 atom stereocenters. The molecule has 0 unspecified atom stereocenters. The van der Waals surface area contributed by atoms with Gasteiger partial charge in [0.05, 0.1) is 16.8 Å². The lowest BCUT2D eigenvalue weighted by Crippen LogP contribution is -2.28. The molecule has 5 nitrogen and oxygen atoms in total. The second kappa shape index (κ2) is 10.3.